The van der Waals surface area contributed by atoms with E-state index in [0.717, 1.165) is 5.56 Å². The minimum Gasteiger partial charge on any atom is -0.491 e. The van der Waals surface area contributed by atoms with E-state index >= 15 is 0 Å². The molecule has 180 valence electrons. The van der Waals surface area contributed by atoms with Crippen LogP contribution in [0.3, 0.4) is 0 Å². The Bertz CT molecular complexity index is 1140. The first-order valence-corrected chi connectivity index (χ1v) is 11.1. The zero-order valence-corrected chi connectivity index (χ0v) is 18.2. The molecule has 5 rings (SSSR count). The molecule has 0 radical (unpaired) electrons. The van der Waals surface area contributed by atoms with Crippen LogP contribution in [0, 0.1) is 16.7 Å². The number of nitrogens with zero attached hydrogens (tertiary/aromatic N) is 3. The number of aryl methyl sites for hydroxylation is 1. The van der Waals surface area contributed by atoms with E-state index in [-0.39, 0.29) is 43.7 Å². The Hall–Kier alpha value is -3.26. The molecule has 3 aliphatic rings. The lowest BCUT2D eigenvalue weighted by atomic mass is 10.0. The maximum Gasteiger partial charge on any atom is 0.396 e. The van der Waals surface area contributed by atoms with Gasteiger partial charge in [0.1, 0.15) is 18.5 Å². The third-order valence-electron chi connectivity index (χ3n) is 6.49. The van der Waals surface area contributed by atoms with Crippen molar-refractivity contribution in [2.75, 3.05) is 19.8 Å². The van der Waals surface area contributed by atoms with Crippen molar-refractivity contribution in [1.29, 1.82) is 5.26 Å². The predicted octanol–water partition coefficient (Wildman–Crippen LogP) is 3.00. The Morgan fingerprint density at radius 3 is 2.91 bits per heavy atom. The summed E-state index contributed by atoms with van der Waals surface area (Å²) in [5, 5.41) is 16.3. The predicted molar refractivity (Wildman–Crippen MR) is 111 cm³/mol. The summed E-state index contributed by atoms with van der Waals surface area (Å²) in [6, 6.07) is 8.52. The number of carbonyl (C=O) groups excluding carboxylic acids is 1. The average Bonchev–Trinajstić information content (AvgIpc) is 3.49. The first kappa shape index (κ1) is 22.5. The molecule has 1 fully saturated rings. The summed E-state index contributed by atoms with van der Waals surface area (Å²) in [5.74, 6) is 0.699. The third kappa shape index (κ3) is 4.42. The first-order chi connectivity index (χ1) is 16.3. The SMILES string of the molecule is N#Cc1ccc2c(c1)C[C@@H](NC(=O)c1cc3n(n1)CCC(COCC1(C(F)(F)F)CC1)O3)CO2. The molecule has 0 saturated heterocycles. The van der Waals surface area contributed by atoms with Crippen molar-refractivity contribution in [3.8, 4) is 17.7 Å². The van der Waals surface area contributed by atoms with Crippen molar-refractivity contribution in [3.63, 3.8) is 0 Å². The van der Waals surface area contributed by atoms with Crippen LogP contribution in [0.2, 0.25) is 0 Å². The summed E-state index contributed by atoms with van der Waals surface area (Å²) in [7, 11) is 0. The van der Waals surface area contributed by atoms with Gasteiger partial charge in [-0.15, -0.1) is 0 Å². The molecule has 11 heteroatoms. The maximum absolute atomic E-state index is 13.0. The van der Waals surface area contributed by atoms with Crippen molar-refractivity contribution >= 4 is 5.91 Å². The van der Waals surface area contributed by atoms with Crippen LogP contribution in [-0.2, 0) is 17.7 Å². The molecule has 1 saturated carbocycles. The van der Waals surface area contributed by atoms with Gasteiger partial charge in [0.25, 0.3) is 5.91 Å². The Morgan fingerprint density at radius 2 is 2.18 bits per heavy atom. The maximum atomic E-state index is 13.0. The highest BCUT2D eigenvalue weighted by Gasteiger charge is 2.63. The van der Waals surface area contributed by atoms with E-state index in [1.165, 1.54) is 6.07 Å². The van der Waals surface area contributed by atoms with Gasteiger partial charge in [0.15, 0.2) is 5.69 Å². The number of nitrogens with one attached hydrogen (secondary N) is 1. The smallest absolute Gasteiger partial charge is 0.396 e. The van der Waals surface area contributed by atoms with Crippen LogP contribution in [0.15, 0.2) is 24.3 Å². The second-order valence-corrected chi connectivity index (χ2v) is 9.03. The molecule has 3 heterocycles. The van der Waals surface area contributed by atoms with Crippen LogP contribution in [0.4, 0.5) is 13.2 Å². The molecule has 1 aliphatic carbocycles. The molecule has 1 amide bonds. The highest BCUT2D eigenvalue weighted by Crippen LogP contribution is 2.57. The van der Waals surface area contributed by atoms with Crippen molar-refractivity contribution in [1.82, 2.24) is 15.1 Å². The molecule has 1 unspecified atom stereocenters. The second-order valence-electron chi connectivity index (χ2n) is 9.03. The summed E-state index contributed by atoms with van der Waals surface area (Å²) in [5.41, 5.74) is -0.141. The summed E-state index contributed by atoms with van der Waals surface area (Å²) < 4.78 is 57.5. The minimum absolute atomic E-state index is 0.0496. The number of alkyl halides is 3. The van der Waals surface area contributed by atoms with Gasteiger partial charge in [-0.3, -0.25) is 4.79 Å². The zero-order valence-electron chi connectivity index (χ0n) is 18.2. The zero-order chi connectivity index (χ0) is 23.9. The van der Waals surface area contributed by atoms with Gasteiger partial charge < -0.3 is 19.5 Å². The number of halogens is 3. The van der Waals surface area contributed by atoms with Crippen LogP contribution >= 0.6 is 0 Å². The Morgan fingerprint density at radius 1 is 1.35 bits per heavy atom. The number of hydrogen-bond donors (Lipinski definition) is 1. The summed E-state index contributed by atoms with van der Waals surface area (Å²) in [6.07, 6.45) is -3.40. The molecule has 2 aliphatic heterocycles. The first-order valence-electron chi connectivity index (χ1n) is 11.1. The molecular formula is C23H23F3N4O4. The fourth-order valence-electron chi connectivity index (χ4n) is 4.24. The van der Waals surface area contributed by atoms with E-state index < -0.39 is 17.7 Å². The number of aromatic nitrogens is 2. The van der Waals surface area contributed by atoms with Crippen LogP contribution in [0.5, 0.6) is 11.6 Å². The number of rotatable bonds is 6. The van der Waals surface area contributed by atoms with Gasteiger partial charge in [0.2, 0.25) is 5.88 Å². The molecule has 2 aromatic rings. The lowest BCUT2D eigenvalue weighted by Gasteiger charge is -2.26. The number of nitriles is 1. The number of amides is 1. The van der Waals surface area contributed by atoms with Gasteiger partial charge in [0, 0.05) is 19.0 Å². The van der Waals surface area contributed by atoms with Crippen molar-refractivity contribution in [3.05, 3.63) is 41.1 Å². The summed E-state index contributed by atoms with van der Waals surface area (Å²) in [4.78, 5) is 12.7. The Balaban J connectivity index is 1.15. The van der Waals surface area contributed by atoms with Crippen LogP contribution in [0.25, 0.3) is 0 Å². The van der Waals surface area contributed by atoms with Gasteiger partial charge >= 0.3 is 6.18 Å². The van der Waals surface area contributed by atoms with Crippen LogP contribution < -0.4 is 14.8 Å². The van der Waals surface area contributed by atoms with Crippen molar-refractivity contribution in [2.45, 2.75) is 50.6 Å². The summed E-state index contributed by atoms with van der Waals surface area (Å²) in [6.45, 7) is 0.464. The lowest BCUT2D eigenvalue weighted by molar-refractivity contribution is -0.203. The number of fused-ring (bicyclic) bond motifs is 2. The highest BCUT2D eigenvalue weighted by atomic mass is 19.4. The van der Waals surface area contributed by atoms with E-state index in [4.69, 9.17) is 19.5 Å². The van der Waals surface area contributed by atoms with E-state index in [0.29, 0.717) is 43.2 Å². The Labute approximate surface area is 193 Å². The van der Waals surface area contributed by atoms with Crippen molar-refractivity contribution in [2.24, 2.45) is 5.41 Å². The van der Waals surface area contributed by atoms with Crippen molar-refractivity contribution < 1.29 is 32.2 Å². The van der Waals surface area contributed by atoms with Crippen LogP contribution in [0.1, 0.15) is 40.9 Å². The molecule has 0 bridgehead atoms. The second kappa shape index (κ2) is 8.51. The number of hydrogen-bond acceptors (Lipinski definition) is 6. The van der Waals surface area contributed by atoms with E-state index in [2.05, 4.69) is 16.5 Å². The fourth-order valence-corrected chi connectivity index (χ4v) is 4.24. The van der Waals surface area contributed by atoms with Gasteiger partial charge in [-0.2, -0.15) is 23.5 Å². The quantitative estimate of drug-likeness (QED) is 0.689. The normalized spacial score (nSPS) is 22.4. The van der Waals surface area contributed by atoms with Gasteiger partial charge in [-0.05, 0) is 43.0 Å². The topological polar surface area (TPSA) is 98.4 Å². The average molecular weight is 476 g/mol. The van der Waals surface area contributed by atoms with E-state index in [9.17, 15) is 18.0 Å². The van der Waals surface area contributed by atoms with E-state index in [1.54, 1.807) is 22.9 Å². The lowest BCUT2D eigenvalue weighted by Crippen LogP contribution is -2.42. The molecule has 34 heavy (non-hydrogen) atoms. The molecule has 2 atom stereocenters. The highest BCUT2D eigenvalue weighted by molar-refractivity contribution is 5.92. The molecular weight excluding hydrogens is 453 g/mol. The Kier molecular flexibility index (Phi) is 5.64. The van der Waals surface area contributed by atoms with Gasteiger partial charge in [0.05, 0.1) is 36.3 Å². The number of benzene rings is 1. The van der Waals surface area contributed by atoms with Crippen LogP contribution in [-0.4, -0.2) is 53.8 Å². The fraction of sp³-hybridized carbons (Fsp3) is 0.522. The van der Waals surface area contributed by atoms with E-state index in [1.807, 2.05) is 0 Å². The standard InChI is InChI=1S/C23H23F3N4O4/c24-23(25,26)22(4-5-22)13-32-12-17-3-6-30-20(34-17)9-18(29-30)21(31)28-16-8-15-7-14(10-27)1-2-19(15)33-11-16/h1-2,7,9,16-17H,3-6,8,11-13H2,(H,28,31)/t16-,17?/m1/s1. The van der Waals surface area contributed by atoms with Gasteiger partial charge in [-0.25, -0.2) is 4.68 Å². The third-order valence-corrected chi connectivity index (χ3v) is 6.49. The number of carbonyl (C=O) groups is 1. The monoisotopic (exact) mass is 476 g/mol. The molecule has 8 nitrogen and oxygen atoms in total. The molecule has 1 aromatic carbocycles. The minimum atomic E-state index is -4.25. The van der Waals surface area contributed by atoms with Gasteiger partial charge in [-0.1, -0.05) is 0 Å². The molecule has 1 aromatic heterocycles. The molecule has 0 spiro atoms. The summed E-state index contributed by atoms with van der Waals surface area (Å²) >= 11 is 0. The number of ether oxygens (including phenoxy) is 3. The largest absolute Gasteiger partial charge is 0.491 e. The molecule has 1 N–H and O–H groups in total.